The average Bonchev–Trinajstić information content (AvgIpc) is 3.01. The summed E-state index contributed by atoms with van der Waals surface area (Å²) in [5.41, 5.74) is 1.38. The fourth-order valence-corrected chi connectivity index (χ4v) is 4.06. The fraction of sp³-hybridized carbons (Fsp3) is 0.500. The van der Waals surface area contributed by atoms with Crippen molar-refractivity contribution in [3.8, 4) is 0 Å². The molecule has 1 aromatic carbocycles. The first kappa shape index (κ1) is 14.2. The van der Waals surface area contributed by atoms with Crippen LogP contribution in [-0.2, 0) is 21.3 Å². The van der Waals surface area contributed by atoms with Gasteiger partial charge in [-0.2, -0.15) is 0 Å². The van der Waals surface area contributed by atoms with Crippen LogP contribution < -0.4 is 0 Å². The van der Waals surface area contributed by atoms with Crippen molar-refractivity contribution in [2.24, 2.45) is 5.41 Å². The Morgan fingerprint density at radius 3 is 2.74 bits per heavy atom. The molecule has 0 radical (unpaired) electrons. The van der Waals surface area contributed by atoms with E-state index < -0.39 is 16.8 Å². The summed E-state index contributed by atoms with van der Waals surface area (Å²) in [5, 5.41) is 8.82. The molecule has 1 N–H and O–H groups in total. The summed E-state index contributed by atoms with van der Waals surface area (Å²) in [7, 11) is -1.14. The maximum absolute atomic E-state index is 13.1. The van der Waals surface area contributed by atoms with Crippen molar-refractivity contribution in [1.82, 2.24) is 0 Å². The van der Waals surface area contributed by atoms with Gasteiger partial charge in [0.05, 0.1) is 6.42 Å². The van der Waals surface area contributed by atoms with Crippen LogP contribution in [0.4, 0.5) is 4.39 Å². The Labute approximate surface area is 114 Å². The Morgan fingerprint density at radius 2 is 2.16 bits per heavy atom. The van der Waals surface area contributed by atoms with Crippen molar-refractivity contribution in [3.05, 3.63) is 35.1 Å². The molecule has 3 nitrogen and oxygen atoms in total. The molecule has 2 rings (SSSR count). The van der Waals surface area contributed by atoms with Gasteiger partial charge in [0.15, 0.2) is 0 Å². The van der Waals surface area contributed by atoms with E-state index >= 15 is 0 Å². The van der Waals surface area contributed by atoms with E-state index in [2.05, 4.69) is 0 Å². The van der Waals surface area contributed by atoms with Gasteiger partial charge >= 0.3 is 5.97 Å². The van der Waals surface area contributed by atoms with E-state index in [4.69, 9.17) is 5.11 Å². The average molecular weight is 284 g/mol. The number of halogens is 1. The smallest absolute Gasteiger partial charge is 0.303 e. The summed E-state index contributed by atoms with van der Waals surface area (Å²) in [6.45, 7) is 1.86. The zero-order valence-corrected chi connectivity index (χ0v) is 11.6. The summed E-state index contributed by atoms with van der Waals surface area (Å²) >= 11 is 0. The van der Waals surface area contributed by atoms with E-state index in [1.807, 2.05) is 6.92 Å². The Balaban J connectivity index is 1.98. The maximum atomic E-state index is 13.1. The van der Waals surface area contributed by atoms with Crippen LogP contribution in [0.25, 0.3) is 0 Å². The van der Waals surface area contributed by atoms with Gasteiger partial charge in [-0.1, -0.05) is 6.07 Å². The van der Waals surface area contributed by atoms with Crippen molar-refractivity contribution in [1.29, 1.82) is 0 Å². The maximum Gasteiger partial charge on any atom is 0.303 e. The molecule has 1 aliphatic carbocycles. The Kier molecular flexibility index (Phi) is 4.04. The number of carbonyl (C=O) groups is 1. The lowest BCUT2D eigenvalue weighted by molar-refractivity contribution is -0.138. The normalized spacial score (nSPS) is 18.0. The number of hydrogen-bond donors (Lipinski definition) is 1. The van der Waals surface area contributed by atoms with Crippen LogP contribution in [0.2, 0.25) is 0 Å². The van der Waals surface area contributed by atoms with Crippen molar-refractivity contribution in [2.45, 2.75) is 31.9 Å². The van der Waals surface area contributed by atoms with Crippen LogP contribution in [-0.4, -0.2) is 21.0 Å². The summed E-state index contributed by atoms with van der Waals surface area (Å²) in [6.07, 6.45) is 1.74. The van der Waals surface area contributed by atoms with Gasteiger partial charge in [-0.15, -0.1) is 0 Å². The molecule has 5 heteroatoms. The highest BCUT2D eigenvalue weighted by atomic mass is 32.2. The predicted octanol–water partition coefficient (Wildman–Crippen LogP) is 2.64. The minimum atomic E-state index is -1.14. The number of carboxylic acids is 1. The first-order chi connectivity index (χ1) is 8.90. The molecule has 19 heavy (non-hydrogen) atoms. The minimum Gasteiger partial charge on any atom is -0.481 e. The summed E-state index contributed by atoms with van der Waals surface area (Å²) in [6, 6.07) is 4.46. The van der Waals surface area contributed by atoms with E-state index in [-0.39, 0.29) is 17.7 Å². The molecule has 0 amide bonds. The van der Waals surface area contributed by atoms with E-state index in [0.29, 0.717) is 11.5 Å². The number of aryl methyl sites for hydroxylation is 1. The lowest BCUT2D eigenvalue weighted by Crippen LogP contribution is -2.17. The third-order valence-electron chi connectivity index (χ3n) is 3.58. The Hall–Kier alpha value is -1.23. The van der Waals surface area contributed by atoms with Crippen LogP contribution >= 0.6 is 0 Å². The standard InChI is InChI=1S/C14H17FO3S/c1-10-2-3-12(15)6-11(10)8-19(18)9-14(4-5-14)7-13(16)17/h2-3,6H,4-5,7-9H2,1H3,(H,16,17). The second-order valence-corrected chi connectivity index (χ2v) is 6.83. The first-order valence-corrected chi connectivity index (χ1v) is 7.71. The molecular formula is C14H17FO3S. The number of hydrogen-bond acceptors (Lipinski definition) is 2. The second kappa shape index (κ2) is 5.41. The lowest BCUT2D eigenvalue weighted by atomic mass is 10.1. The largest absolute Gasteiger partial charge is 0.481 e. The van der Waals surface area contributed by atoms with Gasteiger partial charge in [0.25, 0.3) is 0 Å². The monoisotopic (exact) mass is 284 g/mol. The fourth-order valence-electron chi connectivity index (χ4n) is 2.23. The van der Waals surface area contributed by atoms with Gasteiger partial charge in [0.1, 0.15) is 5.82 Å². The number of aliphatic carboxylic acids is 1. The molecule has 0 saturated heterocycles. The molecule has 0 heterocycles. The topological polar surface area (TPSA) is 54.4 Å². The third-order valence-corrected chi connectivity index (χ3v) is 5.15. The van der Waals surface area contributed by atoms with Crippen molar-refractivity contribution in [2.75, 3.05) is 5.75 Å². The van der Waals surface area contributed by atoms with Gasteiger partial charge in [-0.3, -0.25) is 9.00 Å². The van der Waals surface area contributed by atoms with Gasteiger partial charge in [0.2, 0.25) is 0 Å². The van der Waals surface area contributed by atoms with Gasteiger partial charge in [-0.25, -0.2) is 4.39 Å². The zero-order chi connectivity index (χ0) is 14.0. The molecule has 0 aliphatic heterocycles. The van der Waals surface area contributed by atoms with E-state index in [1.165, 1.54) is 12.1 Å². The highest BCUT2D eigenvalue weighted by Crippen LogP contribution is 2.49. The first-order valence-electron chi connectivity index (χ1n) is 6.22. The molecule has 1 aromatic rings. The molecule has 1 atom stereocenters. The van der Waals surface area contributed by atoms with Crippen LogP contribution in [0.1, 0.15) is 30.4 Å². The highest BCUT2D eigenvalue weighted by Gasteiger charge is 2.45. The Bertz CT molecular complexity index is 523. The van der Waals surface area contributed by atoms with E-state index in [9.17, 15) is 13.4 Å². The van der Waals surface area contributed by atoms with E-state index in [1.54, 1.807) is 6.07 Å². The van der Waals surface area contributed by atoms with Crippen LogP contribution in [0, 0.1) is 18.2 Å². The van der Waals surface area contributed by atoms with Crippen molar-refractivity contribution < 1.29 is 18.5 Å². The zero-order valence-electron chi connectivity index (χ0n) is 10.8. The van der Waals surface area contributed by atoms with Crippen LogP contribution in [0.3, 0.4) is 0 Å². The molecule has 0 spiro atoms. The number of carboxylic acid groups (broad SMARTS) is 1. The second-order valence-electron chi connectivity index (χ2n) is 5.37. The van der Waals surface area contributed by atoms with Crippen LogP contribution in [0.15, 0.2) is 18.2 Å². The van der Waals surface area contributed by atoms with Gasteiger partial charge < -0.3 is 5.11 Å². The van der Waals surface area contributed by atoms with Gasteiger partial charge in [-0.05, 0) is 48.4 Å². The molecule has 0 bridgehead atoms. The molecule has 1 aliphatic rings. The molecule has 0 aromatic heterocycles. The van der Waals surface area contributed by atoms with Crippen LogP contribution in [0.5, 0.6) is 0 Å². The summed E-state index contributed by atoms with van der Waals surface area (Å²) < 4.78 is 25.3. The predicted molar refractivity (Wildman–Crippen MR) is 71.8 cm³/mol. The molecule has 104 valence electrons. The van der Waals surface area contributed by atoms with Crippen molar-refractivity contribution >= 4 is 16.8 Å². The lowest BCUT2D eigenvalue weighted by Gasteiger charge is -2.12. The van der Waals surface area contributed by atoms with Gasteiger partial charge in [0, 0.05) is 22.3 Å². The molecule has 1 unspecified atom stereocenters. The third kappa shape index (κ3) is 3.86. The molecule has 1 fully saturated rings. The SMILES string of the molecule is Cc1ccc(F)cc1CS(=O)CC1(CC(=O)O)CC1. The number of rotatable bonds is 6. The van der Waals surface area contributed by atoms with E-state index in [0.717, 1.165) is 24.0 Å². The highest BCUT2D eigenvalue weighted by molar-refractivity contribution is 7.84. The minimum absolute atomic E-state index is 0.0842. The summed E-state index contributed by atoms with van der Waals surface area (Å²) in [4.78, 5) is 10.7. The number of benzene rings is 1. The van der Waals surface area contributed by atoms with Crippen molar-refractivity contribution in [3.63, 3.8) is 0 Å². The Morgan fingerprint density at radius 1 is 1.47 bits per heavy atom. The molecular weight excluding hydrogens is 267 g/mol. The quantitative estimate of drug-likeness (QED) is 0.873. The summed E-state index contributed by atoms with van der Waals surface area (Å²) in [5.74, 6) is -0.471. The molecule has 1 saturated carbocycles.